The van der Waals surface area contributed by atoms with E-state index in [-0.39, 0.29) is 0 Å². The SMILES string of the molecule is c1ccc(-c2ccc3c(c2)c2cc(-c4ccccc4)ccc2n3-c2ccc(-c3ccncc3)c(-c3nc(-c4ccccc4)nc(-c4ccccc4)n3)c2)cc1. The molecule has 0 aliphatic heterocycles. The van der Waals surface area contributed by atoms with Gasteiger partial charge in [0.1, 0.15) is 0 Å². The second-order valence-electron chi connectivity index (χ2n) is 13.5. The molecule has 10 rings (SSSR count). The summed E-state index contributed by atoms with van der Waals surface area (Å²) in [6.45, 7) is 0. The minimum atomic E-state index is 0.597. The zero-order valence-electron chi connectivity index (χ0n) is 29.8. The molecular formula is C50H33N5. The predicted molar refractivity (Wildman–Crippen MR) is 225 cm³/mol. The Kier molecular flexibility index (Phi) is 8.08. The van der Waals surface area contributed by atoms with Crippen molar-refractivity contribution >= 4 is 21.8 Å². The molecule has 0 bridgehead atoms. The Hall–Kier alpha value is -7.50. The molecular weight excluding hydrogens is 671 g/mol. The molecule has 0 spiro atoms. The maximum absolute atomic E-state index is 5.18. The number of fused-ring (bicyclic) bond motifs is 3. The van der Waals surface area contributed by atoms with Crippen molar-refractivity contribution in [2.75, 3.05) is 0 Å². The molecule has 0 fully saturated rings. The number of rotatable bonds is 7. The van der Waals surface area contributed by atoms with Crippen LogP contribution in [0.15, 0.2) is 200 Å². The van der Waals surface area contributed by atoms with Gasteiger partial charge in [0.25, 0.3) is 0 Å². The molecule has 0 aliphatic rings. The fourth-order valence-corrected chi connectivity index (χ4v) is 7.49. The van der Waals surface area contributed by atoms with E-state index in [1.165, 1.54) is 33.0 Å². The van der Waals surface area contributed by atoms with Crippen molar-refractivity contribution in [1.29, 1.82) is 0 Å². The third kappa shape index (κ3) is 6.04. The predicted octanol–water partition coefficient (Wildman–Crippen LogP) is 12.4. The van der Waals surface area contributed by atoms with Gasteiger partial charge < -0.3 is 4.57 Å². The highest BCUT2D eigenvalue weighted by molar-refractivity contribution is 6.11. The highest BCUT2D eigenvalue weighted by Gasteiger charge is 2.20. The van der Waals surface area contributed by atoms with Crippen molar-refractivity contribution in [3.63, 3.8) is 0 Å². The Morgan fingerprint density at radius 1 is 0.309 bits per heavy atom. The molecule has 0 radical (unpaired) electrons. The molecule has 3 aromatic heterocycles. The smallest absolute Gasteiger partial charge is 0.164 e. The van der Waals surface area contributed by atoms with Gasteiger partial charge in [-0.3, -0.25) is 4.98 Å². The lowest BCUT2D eigenvalue weighted by molar-refractivity contribution is 1.07. The summed E-state index contributed by atoms with van der Waals surface area (Å²) < 4.78 is 2.37. The van der Waals surface area contributed by atoms with Gasteiger partial charge in [-0.15, -0.1) is 0 Å². The number of nitrogens with zero attached hydrogens (tertiary/aromatic N) is 5. The Balaban J connectivity index is 1.24. The number of aromatic nitrogens is 5. The van der Waals surface area contributed by atoms with Crippen LogP contribution < -0.4 is 0 Å². The Bertz CT molecular complexity index is 2790. The van der Waals surface area contributed by atoms with Crippen LogP contribution in [0.4, 0.5) is 0 Å². The molecule has 5 heteroatoms. The van der Waals surface area contributed by atoms with Crippen molar-refractivity contribution in [3.05, 3.63) is 200 Å². The van der Waals surface area contributed by atoms with Crippen LogP contribution in [0.3, 0.4) is 0 Å². The van der Waals surface area contributed by atoms with Crippen molar-refractivity contribution in [1.82, 2.24) is 24.5 Å². The zero-order valence-corrected chi connectivity index (χ0v) is 29.8. The van der Waals surface area contributed by atoms with Gasteiger partial charge in [-0.2, -0.15) is 0 Å². The first-order valence-corrected chi connectivity index (χ1v) is 18.4. The van der Waals surface area contributed by atoms with E-state index < -0.39 is 0 Å². The first kappa shape index (κ1) is 32.2. The number of hydrogen-bond donors (Lipinski definition) is 0. The van der Waals surface area contributed by atoms with Gasteiger partial charge in [0.2, 0.25) is 0 Å². The summed E-state index contributed by atoms with van der Waals surface area (Å²) in [5, 5.41) is 2.37. The summed E-state index contributed by atoms with van der Waals surface area (Å²) in [4.78, 5) is 19.7. The molecule has 10 aromatic rings. The van der Waals surface area contributed by atoms with Crippen LogP contribution in [-0.4, -0.2) is 24.5 Å². The zero-order chi connectivity index (χ0) is 36.6. The molecule has 0 aliphatic carbocycles. The standard InChI is InChI=1S/C50H33N5/c1-5-13-34(14-6-1)39-21-25-46-43(31-39)44-32-40(35-15-7-2-8-16-35)22-26-47(44)55(46)41-23-24-42(36-27-29-51-30-28-36)45(33-41)50-53-48(37-17-9-3-10-18-37)52-49(54-50)38-19-11-4-12-20-38/h1-33H. The van der Waals surface area contributed by atoms with Crippen LogP contribution >= 0.6 is 0 Å². The minimum absolute atomic E-state index is 0.597. The van der Waals surface area contributed by atoms with Crippen LogP contribution in [-0.2, 0) is 0 Å². The summed E-state index contributed by atoms with van der Waals surface area (Å²) in [6, 6.07) is 65.7. The third-order valence-corrected chi connectivity index (χ3v) is 10.2. The fraction of sp³-hybridized carbons (Fsp3) is 0. The van der Waals surface area contributed by atoms with Crippen molar-refractivity contribution < 1.29 is 0 Å². The van der Waals surface area contributed by atoms with Crippen LogP contribution in [0, 0.1) is 0 Å². The van der Waals surface area contributed by atoms with Crippen molar-refractivity contribution in [3.8, 4) is 73.2 Å². The van der Waals surface area contributed by atoms with Gasteiger partial charge in [-0.05, 0) is 81.9 Å². The largest absolute Gasteiger partial charge is 0.309 e. The molecule has 0 atom stereocenters. The Morgan fingerprint density at radius 2 is 0.764 bits per heavy atom. The Labute approximate surface area is 318 Å². The molecule has 258 valence electrons. The maximum atomic E-state index is 5.18. The van der Waals surface area contributed by atoms with Gasteiger partial charge in [-0.1, -0.05) is 140 Å². The van der Waals surface area contributed by atoms with Crippen molar-refractivity contribution in [2.45, 2.75) is 0 Å². The van der Waals surface area contributed by atoms with E-state index in [0.29, 0.717) is 17.5 Å². The van der Waals surface area contributed by atoms with Gasteiger partial charge in [-0.25, -0.2) is 15.0 Å². The van der Waals surface area contributed by atoms with Crippen LogP contribution in [0.5, 0.6) is 0 Å². The maximum Gasteiger partial charge on any atom is 0.164 e. The lowest BCUT2D eigenvalue weighted by Crippen LogP contribution is -2.02. The lowest BCUT2D eigenvalue weighted by Gasteiger charge is -2.15. The second-order valence-corrected chi connectivity index (χ2v) is 13.5. The summed E-state index contributed by atoms with van der Waals surface area (Å²) in [5.41, 5.74) is 12.8. The van der Waals surface area contributed by atoms with E-state index in [2.05, 4.69) is 125 Å². The van der Waals surface area contributed by atoms with Gasteiger partial charge in [0, 0.05) is 45.5 Å². The summed E-state index contributed by atoms with van der Waals surface area (Å²) >= 11 is 0. The average Bonchev–Trinajstić information content (AvgIpc) is 3.60. The first-order valence-electron chi connectivity index (χ1n) is 18.4. The summed E-state index contributed by atoms with van der Waals surface area (Å²) in [5.74, 6) is 1.84. The highest BCUT2D eigenvalue weighted by atomic mass is 15.0. The highest BCUT2D eigenvalue weighted by Crippen LogP contribution is 2.40. The number of hydrogen-bond acceptors (Lipinski definition) is 4. The quantitative estimate of drug-likeness (QED) is 0.166. The fourth-order valence-electron chi connectivity index (χ4n) is 7.49. The molecule has 7 aromatic carbocycles. The second kappa shape index (κ2) is 13.8. The monoisotopic (exact) mass is 703 g/mol. The average molecular weight is 704 g/mol. The van der Waals surface area contributed by atoms with Crippen LogP contribution in [0.25, 0.3) is 95.0 Å². The number of benzene rings is 7. The number of pyridine rings is 1. The Morgan fingerprint density at radius 3 is 1.25 bits per heavy atom. The molecule has 3 heterocycles. The third-order valence-electron chi connectivity index (χ3n) is 10.2. The molecule has 5 nitrogen and oxygen atoms in total. The molecule has 55 heavy (non-hydrogen) atoms. The van der Waals surface area contributed by atoms with E-state index in [0.717, 1.165) is 44.5 Å². The lowest BCUT2D eigenvalue weighted by atomic mass is 9.98. The normalized spacial score (nSPS) is 11.3. The molecule has 0 amide bonds. The molecule has 0 unspecified atom stereocenters. The van der Waals surface area contributed by atoms with Crippen molar-refractivity contribution in [2.24, 2.45) is 0 Å². The van der Waals surface area contributed by atoms with E-state index in [1.807, 2.05) is 85.2 Å². The van der Waals surface area contributed by atoms with E-state index in [4.69, 9.17) is 15.0 Å². The van der Waals surface area contributed by atoms with Gasteiger partial charge >= 0.3 is 0 Å². The molecule has 0 saturated heterocycles. The summed E-state index contributed by atoms with van der Waals surface area (Å²) in [7, 11) is 0. The van der Waals surface area contributed by atoms with Crippen LogP contribution in [0.1, 0.15) is 0 Å². The minimum Gasteiger partial charge on any atom is -0.309 e. The molecule has 0 saturated carbocycles. The topological polar surface area (TPSA) is 56.5 Å². The molecule has 0 N–H and O–H groups in total. The van der Waals surface area contributed by atoms with Gasteiger partial charge in [0.05, 0.1) is 11.0 Å². The summed E-state index contributed by atoms with van der Waals surface area (Å²) in [6.07, 6.45) is 3.65. The van der Waals surface area contributed by atoms with E-state index in [9.17, 15) is 0 Å². The van der Waals surface area contributed by atoms with Crippen LogP contribution in [0.2, 0.25) is 0 Å². The first-order chi connectivity index (χ1) is 27.3. The van der Waals surface area contributed by atoms with Gasteiger partial charge in [0.15, 0.2) is 17.5 Å². The van der Waals surface area contributed by atoms with E-state index >= 15 is 0 Å². The van der Waals surface area contributed by atoms with E-state index in [1.54, 1.807) is 0 Å².